The second-order valence-electron chi connectivity index (χ2n) is 7.51. The lowest BCUT2D eigenvalue weighted by Crippen LogP contribution is -2.14. The van der Waals surface area contributed by atoms with Gasteiger partial charge >= 0.3 is 0 Å². The first-order valence-corrected chi connectivity index (χ1v) is 11.8. The van der Waals surface area contributed by atoms with Crippen molar-refractivity contribution >= 4 is 23.4 Å². The van der Waals surface area contributed by atoms with E-state index in [0.29, 0.717) is 16.9 Å². The molecule has 0 unspecified atom stereocenters. The number of nitrogens with zero attached hydrogens (tertiary/aromatic N) is 1. The lowest BCUT2D eigenvalue weighted by molar-refractivity contribution is -0.115. The number of rotatable bonds is 8. The van der Waals surface area contributed by atoms with Gasteiger partial charge in [-0.05, 0) is 48.9 Å². The SMILES string of the molecule is CC[SH+]c1ccc(CC(=O)Nc2cnc(-c3cccc(F)c3)c(Oc3cccc(F)c3)c2)cc1. The first-order valence-electron chi connectivity index (χ1n) is 10.8. The highest BCUT2D eigenvalue weighted by Crippen LogP contribution is 2.34. The number of pyridine rings is 1. The lowest BCUT2D eigenvalue weighted by Gasteiger charge is -2.13. The van der Waals surface area contributed by atoms with Crippen molar-refractivity contribution in [2.24, 2.45) is 0 Å². The smallest absolute Gasteiger partial charge is 0.228 e. The number of halogens is 2. The van der Waals surface area contributed by atoms with E-state index >= 15 is 0 Å². The van der Waals surface area contributed by atoms with Gasteiger partial charge in [0.25, 0.3) is 0 Å². The molecule has 4 aromatic rings. The van der Waals surface area contributed by atoms with Crippen molar-refractivity contribution in [3.63, 3.8) is 0 Å². The number of hydrogen-bond donors (Lipinski definition) is 1. The second-order valence-corrected chi connectivity index (χ2v) is 8.97. The molecule has 4 rings (SSSR count). The van der Waals surface area contributed by atoms with Gasteiger partial charge in [0.1, 0.15) is 28.8 Å². The van der Waals surface area contributed by atoms with Gasteiger partial charge in [-0.1, -0.05) is 30.3 Å². The predicted molar refractivity (Wildman–Crippen MR) is 132 cm³/mol. The molecule has 34 heavy (non-hydrogen) atoms. The molecule has 0 aliphatic carbocycles. The van der Waals surface area contributed by atoms with Crippen molar-refractivity contribution in [3.05, 3.63) is 102 Å². The quantitative estimate of drug-likeness (QED) is 0.243. The molecule has 0 saturated carbocycles. The topological polar surface area (TPSA) is 51.2 Å². The van der Waals surface area contributed by atoms with Gasteiger partial charge in [0, 0.05) is 29.5 Å². The summed E-state index contributed by atoms with van der Waals surface area (Å²) in [5.74, 6) is 0.479. The maximum Gasteiger partial charge on any atom is 0.228 e. The summed E-state index contributed by atoms with van der Waals surface area (Å²) in [5.41, 5.74) is 2.17. The van der Waals surface area contributed by atoms with Crippen LogP contribution in [-0.4, -0.2) is 16.6 Å². The Morgan fingerprint density at radius 1 is 0.971 bits per heavy atom. The van der Waals surface area contributed by atoms with Crippen molar-refractivity contribution in [3.8, 4) is 22.8 Å². The number of carbonyl (C=O) groups excluding carboxylic acids is 1. The lowest BCUT2D eigenvalue weighted by atomic mass is 10.1. The highest BCUT2D eigenvalue weighted by Gasteiger charge is 2.14. The summed E-state index contributed by atoms with van der Waals surface area (Å²) in [6, 6.07) is 21.1. The fourth-order valence-corrected chi connectivity index (χ4v) is 4.12. The van der Waals surface area contributed by atoms with Crippen LogP contribution in [0.4, 0.5) is 14.5 Å². The van der Waals surface area contributed by atoms with E-state index < -0.39 is 11.6 Å². The number of aromatic nitrogens is 1. The van der Waals surface area contributed by atoms with Gasteiger partial charge in [-0.15, -0.1) is 0 Å². The van der Waals surface area contributed by atoms with Crippen LogP contribution in [0.1, 0.15) is 12.5 Å². The first-order chi connectivity index (χ1) is 16.5. The molecular formula is C27H23F2N2O2S+. The van der Waals surface area contributed by atoms with Crippen LogP contribution in [0.25, 0.3) is 11.3 Å². The molecule has 0 bridgehead atoms. The normalized spacial score (nSPS) is 10.7. The standard InChI is InChI=1S/C27H22F2N2O2S/c1-2-34-24-11-9-18(10-12-24)13-26(32)31-22-16-25(33-23-8-4-7-21(29)15-23)27(30-17-22)19-5-3-6-20(28)14-19/h3-12,14-17H,2,13H2,1H3,(H,31,32)/p+1. The number of nitrogens with one attached hydrogen (secondary N) is 1. The molecule has 1 heterocycles. The first kappa shape index (κ1) is 23.4. The number of anilines is 1. The van der Waals surface area contributed by atoms with Crippen LogP contribution in [0.2, 0.25) is 0 Å². The van der Waals surface area contributed by atoms with Gasteiger partial charge in [-0.2, -0.15) is 0 Å². The van der Waals surface area contributed by atoms with Crippen molar-refractivity contribution in [1.29, 1.82) is 0 Å². The largest absolute Gasteiger partial charge is 0.455 e. The van der Waals surface area contributed by atoms with Crippen molar-refractivity contribution in [2.75, 3.05) is 11.1 Å². The minimum absolute atomic E-state index is 0.203. The van der Waals surface area contributed by atoms with Gasteiger partial charge < -0.3 is 10.1 Å². The average molecular weight is 478 g/mol. The zero-order valence-corrected chi connectivity index (χ0v) is 19.4. The Morgan fingerprint density at radius 3 is 2.41 bits per heavy atom. The van der Waals surface area contributed by atoms with Crippen molar-refractivity contribution in [2.45, 2.75) is 18.2 Å². The van der Waals surface area contributed by atoms with Crippen LogP contribution < -0.4 is 10.1 Å². The van der Waals surface area contributed by atoms with Gasteiger partial charge in [0.05, 0.1) is 18.3 Å². The summed E-state index contributed by atoms with van der Waals surface area (Å²) in [7, 11) is 0. The third-order valence-corrected chi connectivity index (χ3v) is 5.88. The molecule has 3 aromatic carbocycles. The van der Waals surface area contributed by atoms with Crippen LogP contribution in [-0.2, 0) is 23.0 Å². The van der Waals surface area contributed by atoms with Crippen LogP contribution in [0.15, 0.2) is 90.0 Å². The molecule has 1 aromatic heterocycles. The van der Waals surface area contributed by atoms with Gasteiger partial charge in [0.2, 0.25) is 5.91 Å². The van der Waals surface area contributed by atoms with E-state index in [4.69, 9.17) is 4.74 Å². The molecule has 0 aliphatic rings. The molecule has 1 N–H and O–H groups in total. The number of benzene rings is 3. The van der Waals surface area contributed by atoms with Crippen LogP contribution in [0, 0.1) is 11.6 Å². The number of ether oxygens (including phenoxy) is 1. The van der Waals surface area contributed by atoms with Gasteiger partial charge in [-0.3, -0.25) is 9.78 Å². The van der Waals surface area contributed by atoms with Crippen molar-refractivity contribution in [1.82, 2.24) is 4.98 Å². The number of carbonyl (C=O) groups is 1. The van der Waals surface area contributed by atoms with E-state index in [1.54, 1.807) is 24.3 Å². The predicted octanol–water partition coefficient (Wildman–Crippen LogP) is 6.19. The molecule has 0 fully saturated rings. The number of hydrogen-bond acceptors (Lipinski definition) is 3. The highest BCUT2D eigenvalue weighted by molar-refractivity contribution is 7.78. The van der Waals surface area contributed by atoms with E-state index in [0.717, 1.165) is 11.3 Å². The maximum absolute atomic E-state index is 13.8. The molecule has 7 heteroatoms. The van der Waals surface area contributed by atoms with E-state index in [1.165, 1.54) is 53.2 Å². The minimum Gasteiger partial charge on any atom is -0.455 e. The van der Waals surface area contributed by atoms with E-state index in [1.807, 2.05) is 24.3 Å². The molecule has 1 amide bonds. The fraction of sp³-hybridized carbons (Fsp3) is 0.111. The third kappa shape index (κ3) is 6.20. The summed E-state index contributed by atoms with van der Waals surface area (Å²) < 4.78 is 33.4. The number of thiol groups is 1. The summed E-state index contributed by atoms with van der Waals surface area (Å²) in [6.45, 7) is 2.11. The Kier molecular flexibility index (Phi) is 7.54. The summed E-state index contributed by atoms with van der Waals surface area (Å²) >= 11 is 1.25. The van der Waals surface area contributed by atoms with Crippen LogP contribution in [0.5, 0.6) is 11.5 Å². The second kappa shape index (κ2) is 10.9. The molecular weight excluding hydrogens is 454 g/mol. The molecule has 0 atom stereocenters. The maximum atomic E-state index is 13.8. The Hall–Kier alpha value is -3.71. The summed E-state index contributed by atoms with van der Waals surface area (Å²) in [4.78, 5) is 18.2. The van der Waals surface area contributed by atoms with Gasteiger partial charge in [0.15, 0.2) is 10.6 Å². The molecule has 0 radical (unpaired) electrons. The zero-order chi connectivity index (χ0) is 23.9. The van der Waals surface area contributed by atoms with E-state index in [2.05, 4.69) is 17.2 Å². The van der Waals surface area contributed by atoms with Crippen LogP contribution in [0.3, 0.4) is 0 Å². The van der Waals surface area contributed by atoms with Crippen molar-refractivity contribution < 1.29 is 18.3 Å². The molecule has 172 valence electrons. The van der Waals surface area contributed by atoms with Gasteiger partial charge in [-0.25, -0.2) is 8.78 Å². The highest BCUT2D eigenvalue weighted by atomic mass is 32.2. The Bertz CT molecular complexity index is 1300. The van der Waals surface area contributed by atoms with Crippen LogP contribution >= 0.6 is 0 Å². The molecule has 0 aliphatic heterocycles. The average Bonchev–Trinajstić information content (AvgIpc) is 2.81. The number of amides is 1. The monoisotopic (exact) mass is 477 g/mol. The molecule has 0 saturated heterocycles. The summed E-state index contributed by atoms with van der Waals surface area (Å²) in [6.07, 6.45) is 1.69. The Labute approximate surface area is 201 Å². The zero-order valence-electron chi connectivity index (χ0n) is 18.5. The Balaban J connectivity index is 1.57. The third-order valence-electron chi connectivity index (χ3n) is 4.90. The Morgan fingerprint density at radius 2 is 1.71 bits per heavy atom. The molecule has 0 spiro atoms. The minimum atomic E-state index is -0.452. The van der Waals surface area contributed by atoms with E-state index in [-0.39, 0.29) is 23.8 Å². The van der Waals surface area contributed by atoms with E-state index in [9.17, 15) is 13.6 Å². The fourth-order valence-electron chi connectivity index (χ4n) is 3.39. The summed E-state index contributed by atoms with van der Waals surface area (Å²) in [5, 5.41) is 2.83. The molecule has 4 nitrogen and oxygen atoms in total.